The van der Waals surface area contributed by atoms with Gasteiger partial charge in [-0.2, -0.15) is 0 Å². The van der Waals surface area contributed by atoms with Crippen LogP contribution in [0.25, 0.3) is 0 Å². The standard InChI is InChI=1S/C26H39FN2O2/c1-25(2,3)10-13-29-14-11-26(12-15-29)9-6-23(21-5-4-20(27)18-22(21)26)28-24(30)19-7-16-31-17-8-19/h4-5,18-19,23H,6-17H2,1-3H3,(H,28,30)/t23-/m0/s1. The number of likely N-dealkylation sites (tertiary alicyclic amines) is 1. The van der Waals surface area contributed by atoms with E-state index < -0.39 is 0 Å². The van der Waals surface area contributed by atoms with Crippen molar-refractivity contribution in [2.75, 3.05) is 32.8 Å². The van der Waals surface area contributed by atoms with E-state index in [1.807, 2.05) is 6.07 Å². The number of hydrogen-bond donors (Lipinski definition) is 1. The molecule has 2 saturated heterocycles. The summed E-state index contributed by atoms with van der Waals surface area (Å²) in [6.07, 6.45) is 6.91. The number of piperidine rings is 1. The zero-order valence-electron chi connectivity index (χ0n) is 19.5. The minimum absolute atomic E-state index is 0.00418. The fourth-order valence-electron chi connectivity index (χ4n) is 5.62. The molecular weight excluding hydrogens is 391 g/mol. The molecule has 1 aromatic carbocycles. The van der Waals surface area contributed by atoms with Crippen LogP contribution in [0.5, 0.6) is 0 Å². The molecule has 1 N–H and O–H groups in total. The van der Waals surface area contributed by atoms with Crippen LogP contribution in [0, 0.1) is 17.2 Å². The van der Waals surface area contributed by atoms with Crippen LogP contribution >= 0.6 is 0 Å². The molecule has 3 aliphatic rings. The monoisotopic (exact) mass is 430 g/mol. The molecule has 2 aliphatic heterocycles. The number of benzene rings is 1. The summed E-state index contributed by atoms with van der Waals surface area (Å²) in [6.45, 7) is 11.5. The molecule has 4 rings (SSSR count). The first-order chi connectivity index (χ1) is 14.8. The van der Waals surface area contributed by atoms with E-state index in [0.29, 0.717) is 18.6 Å². The molecule has 4 nitrogen and oxygen atoms in total. The van der Waals surface area contributed by atoms with Crippen molar-refractivity contribution in [2.45, 2.75) is 77.2 Å². The number of amides is 1. The summed E-state index contributed by atoms with van der Waals surface area (Å²) in [5.74, 6) is 0.0146. The molecule has 31 heavy (non-hydrogen) atoms. The lowest BCUT2D eigenvalue weighted by molar-refractivity contribution is -0.128. The Kier molecular flexibility index (Phi) is 6.73. The normalized spacial score (nSPS) is 24.7. The molecule has 1 amide bonds. The molecule has 2 heterocycles. The minimum atomic E-state index is -0.162. The topological polar surface area (TPSA) is 41.6 Å². The first-order valence-corrected chi connectivity index (χ1v) is 12.2. The predicted octanol–water partition coefficient (Wildman–Crippen LogP) is 4.97. The van der Waals surface area contributed by atoms with Gasteiger partial charge in [-0.1, -0.05) is 26.8 Å². The van der Waals surface area contributed by atoms with Crippen LogP contribution in [0.3, 0.4) is 0 Å². The second-order valence-electron chi connectivity index (χ2n) is 11.2. The molecule has 0 aromatic heterocycles. The number of nitrogens with zero attached hydrogens (tertiary/aromatic N) is 1. The number of fused-ring (bicyclic) bond motifs is 2. The third-order valence-electron chi connectivity index (χ3n) is 7.77. The third-order valence-corrected chi connectivity index (χ3v) is 7.77. The van der Waals surface area contributed by atoms with Gasteiger partial charge in [0.1, 0.15) is 5.82 Å². The highest BCUT2D eigenvalue weighted by molar-refractivity contribution is 5.79. The number of nitrogens with one attached hydrogen (secondary N) is 1. The van der Waals surface area contributed by atoms with E-state index in [9.17, 15) is 9.18 Å². The lowest BCUT2D eigenvalue weighted by atomic mass is 9.63. The third kappa shape index (κ3) is 5.31. The van der Waals surface area contributed by atoms with Gasteiger partial charge in [-0.25, -0.2) is 4.39 Å². The van der Waals surface area contributed by atoms with Crippen molar-refractivity contribution in [1.29, 1.82) is 0 Å². The van der Waals surface area contributed by atoms with Crippen LogP contribution < -0.4 is 5.32 Å². The first kappa shape index (κ1) is 22.7. The maximum absolute atomic E-state index is 14.3. The van der Waals surface area contributed by atoms with E-state index in [-0.39, 0.29) is 29.1 Å². The highest BCUT2D eigenvalue weighted by Gasteiger charge is 2.42. The summed E-state index contributed by atoms with van der Waals surface area (Å²) >= 11 is 0. The van der Waals surface area contributed by atoms with Gasteiger partial charge < -0.3 is 15.0 Å². The maximum Gasteiger partial charge on any atom is 0.223 e. The van der Waals surface area contributed by atoms with Gasteiger partial charge in [0, 0.05) is 19.1 Å². The number of hydrogen-bond acceptors (Lipinski definition) is 3. The van der Waals surface area contributed by atoms with E-state index in [2.05, 4.69) is 31.0 Å². The molecule has 1 atom stereocenters. The zero-order valence-corrected chi connectivity index (χ0v) is 19.5. The summed E-state index contributed by atoms with van der Waals surface area (Å²) in [4.78, 5) is 15.4. The van der Waals surface area contributed by atoms with Gasteiger partial charge in [-0.05, 0) is 98.7 Å². The van der Waals surface area contributed by atoms with Crippen LogP contribution in [0.2, 0.25) is 0 Å². The molecule has 2 fully saturated rings. The largest absolute Gasteiger partial charge is 0.381 e. The van der Waals surface area contributed by atoms with Crippen molar-refractivity contribution in [3.05, 3.63) is 35.1 Å². The molecule has 0 radical (unpaired) electrons. The van der Waals surface area contributed by atoms with Crippen LogP contribution in [-0.2, 0) is 14.9 Å². The SMILES string of the molecule is CC(C)(C)CCN1CCC2(CC[C@H](NC(=O)C3CCOCC3)c3ccc(F)cc32)CC1. The van der Waals surface area contributed by atoms with Gasteiger partial charge in [0.2, 0.25) is 5.91 Å². The van der Waals surface area contributed by atoms with Crippen LogP contribution in [-0.4, -0.2) is 43.7 Å². The molecule has 1 spiro atoms. The molecule has 1 aliphatic carbocycles. The molecule has 0 unspecified atom stereocenters. The molecule has 172 valence electrons. The number of carbonyl (C=O) groups excluding carboxylic acids is 1. The number of carbonyl (C=O) groups is 1. The number of halogens is 1. The van der Waals surface area contributed by atoms with E-state index in [1.54, 1.807) is 12.1 Å². The smallest absolute Gasteiger partial charge is 0.223 e. The average molecular weight is 431 g/mol. The molecular formula is C26H39FN2O2. The molecule has 5 heteroatoms. The molecule has 0 saturated carbocycles. The highest BCUT2D eigenvalue weighted by atomic mass is 19.1. The first-order valence-electron chi connectivity index (χ1n) is 12.2. The second-order valence-corrected chi connectivity index (χ2v) is 11.2. The Morgan fingerprint density at radius 2 is 1.87 bits per heavy atom. The summed E-state index contributed by atoms with van der Waals surface area (Å²) in [7, 11) is 0. The van der Waals surface area contributed by atoms with Crippen LogP contribution in [0.15, 0.2) is 18.2 Å². The summed E-state index contributed by atoms with van der Waals surface area (Å²) < 4.78 is 19.7. The van der Waals surface area contributed by atoms with Gasteiger partial charge in [-0.15, -0.1) is 0 Å². The second kappa shape index (κ2) is 9.19. The fourth-order valence-corrected chi connectivity index (χ4v) is 5.62. The maximum atomic E-state index is 14.3. The molecule has 0 bridgehead atoms. The van der Waals surface area contributed by atoms with Crippen molar-refractivity contribution >= 4 is 5.91 Å². The van der Waals surface area contributed by atoms with E-state index in [0.717, 1.165) is 69.3 Å². The quantitative estimate of drug-likeness (QED) is 0.733. The predicted molar refractivity (Wildman–Crippen MR) is 121 cm³/mol. The lowest BCUT2D eigenvalue weighted by Crippen LogP contribution is -2.47. The Balaban J connectivity index is 1.47. The van der Waals surface area contributed by atoms with Crippen molar-refractivity contribution in [3.63, 3.8) is 0 Å². The van der Waals surface area contributed by atoms with Crippen LogP contribution in [0.4, 0.5) is 4.39 Å². The van der Waals surface area contributed by atoms with Crippen molar-refractivity contribution in [1.82, 2.24) is 10.2 Å². The Morgan fingerprint density at radius 1 is 1.16 bits per heavy atom. The van der Waals surface area contributed by atoms with Crippen LogP contribution in [0.1, 0.15) is 82.9 Å². The Bertz CT molecular complexity index is 774. The van der Waals surface area contributed by atoms with Crippen molar-refractivity contribution < 1.29 is 13.9 Å². The van der Waals surface area contributed by atoms with Crippen molar-refractivity contribution in [3.8, 4) is 0 Å². The van der Waals surface area contributed by atoms with E-state index in [4.69, 9.17) is 4.74 Å². The van der Waals surface area contributed by atoms with Gasteiger partial charge in [0.05, 0.1) is 6.04 Å². The summed E-state index contributed by atoms with van der Waals surface area (Å²) in [6, 6.07) is 5.24. The Hall–Kier alpha value is -1.46. The lowest BCUT2D eigenvalue weighted by Gasteiger charge is -2.47. The van der Waals surface area contributed by atoms with Gasteiger partial charge in [-0.3, -0.25) is 4.79 Å². The summed E-state index contributed by atoms with van der Waals surface area (Å²) in [5, 5.41) is 3.30. The fraction of sp³-hybridized carbons (Fsp3) is 0.731. The van der Waals surface area contributed by atoms with Gasteiger partial charge in [0.25, 0.3) is 0 Å². The molecule has 1 aromatic rings. The Labute approximate surface area is 186 Å². The average Bonchev–Trinajstić information content (AvgIpc) is 2.75. The zero-order chi connectivity index (χ0) is 22.1. The minimum Gasteiger partial charge on any atom is -0.381 e. The van der Waals surface area contributed by atoms with E-state index >= 15 is 0 Å². The number of rotatable bonds is 4. The highest BCUT2D eigenvalue weighted by Crippen LogP contribution is 2.48. The van der Waals surface area contributed by atoms with Crippen molar-refractivity contribution in [2.24, 2.45) is 11.3 Å². The number of ether oxygens (including phenoxy) is 1. The van der Waals surface area contributed by atoms with Gasteiger partial charge in [0.15, 0.2) is 0 Å². The van der Waals surface area contributed by atoms with E-state index in [1.165, 1.54) is 6.42 Å². The summed E-state index contributed by atoms with van der Waals surface area (Å²) in [5.41, 5.74) is 2.68. The van der Waals surface area contributed by atoms with Gasteiger partial charge >= 0.3 is 0 Å². The Morgan fingerprint density at radius 3 is 2.55 bits per heavy atom.